The van der Waals surface area contributed by atoms with Gasteiger partial charge < -0.3 is 10.6 Å². The van der Waals surface area contributed by atoms with Gasteiger partial charge in [0.05, 0.1) is 18.5 Å². The predicted octanol–water partition coefficient (Wildman–Crippen LogP) is 4.82. The maximum absolute atomic E-state index is 12.5. The number of aromatic nitrogens is 3. The van der Waals surface area contributed by atoms with Crippen LogP contribution in [-0.2, 0) is 22.4 Å². The van der Waals surface area contributed by atoms with E-state index in [1.54, 1.807) is 35.2 Å². The Morgan fingerprint density at radius 2 is 1.81 bits per heavy atom. The Balaban J connectivity index is 1.30. The molecule has 32 heavy (non-hydrogen) atoms. The van der Waals surface area contributed by atoms with Gasteiger partial charge in [-0.25, -0.2) is 15.0 Å². The highest BCUT2D eigenvalue weighted by Crippen LogP contribution is 2.28. The van der Waals surface area contributed by atoms with Crippen LogP contribution in [0.4, 0.5) is 10.8 Å². The fourth-order valence-electron chi connectivity index (χ4n) is 2.82. The van der Waals surface area contributed by atoms with Crippen LogP contribution < -0.4 is 10.6 Å². The van der Waals surface area contributed by atoms with Crippen LogP contribution in [0.5, 0.6) is 0 Å². The van der Waals surface area contributed by atoms with Crippen molar-refractivity contribution < 1.29 is 9.59 Å². The Kier molecular flexibility index (Phi) is 7.25. The summed E-state index contributed by atoms with van der Waals surface area (Å²) in [6.07, 6.45) is 3.85. The third kappa shape index (κ3) is 6.22. The van der Waals surface area contributed by atoms with Gasteiger partial charge in [0, 0.05) is 33.2 Å². The van der Waals surface area contributed by atoms with Crippen molar-refractivity contribution in [3.63, 3.8) is 0 Å². The number of anilines is 2. The van der Waals surface area contributed by atoms with Crippen molar-refractivity contribution >= 4 is 57.1 Å². The fourth-order valence-corrected chi connectivity index (χ4v) is 5.06. The normalized spacial score (nSPS) is 10.7. The summed E-state index contributed by atoms with van der Waals surface area (Å²) in [6, 6.07) is 11.4. The lowest BCUT2D eigenvalue weighted by Crippen LogP contribution is -2.16. The van der Waals surface area contributed by atoms with Crippen molar-refractivity contribution in [3.8, 4) is 0 Å². The molecule has 3 heterocycles. The van der Waals surface area contributed by atoms with E-state index < -0.39 is 0 Å². The number of hydrogen-bond acceptors (Lipinski definition) is 8. The van der Waals surface area contributed by atoms with Gasteiger partial charge in [0.15, 0.2) is 10.3 Å². The van der Waals surface area contributed by atoms with E-state index in [0.717, 1.165) is 21.0 Å². The number of thiazole rings is 1. The highest BCUT2D eigenvalue weighted by atomic mass is 32.2. The van der Waals surface area contributed by atoms with Crippen LogP contribution >= 0.6 is 34.4 Å². The summed E-state index contributed by atoms with van der Waals surface area (Å²) in [5, 5.41) is 10.6. The van der Waals surface area contributed by atoms with E-state index in [1.807, 2.05) is 42.6 Å². The molecule has 0 aliphatic carbocycles. The molecule has 0 atom stereocenters. The van der Waals surface area contributed by atoms with Gasteiger partial charge in [-0.1, -0.05) is 6.07 Å². The van der Waals surface area contributed by atoms with Crippen LogP contribution in [0.15, 0.2) is 69.6 Å². The first-order chi connectivity index (χ1) is 15.5. The average molecular weight is 482 g/mol. The van der Waals surface area contributed by atoms with Crippen molar-refractivity contribution in [2.45, 2.75) is 29.8 Å². The van der Waals surface area contributed by atoms with Crippen LogP contribution in [0.2, 0.25) is 0 Å². The Labute approximate surface area is 197 Å². The molecule has 162 valence electrons. The van der Waals surface area contributed by atoms with Crippen LogP contribution in [0.1, 0.15) is 16.1 Å². The first-order valence-electron chi connectivity index (χ1n) is 9.67. The highest BCUT2D eigenvalue weighted by Gasteiger charge is 2.12. The van der Waals surface area contributed by atoms with E-state index in [9.17, 15) is 9.59 Å². The van der Waals surface area contributed by atoms with Crippen molar-refractivity contribution in [2.75, 3.05) is 10.6 Å². The molecule has 7 nitrogen and oxygen atoms in total. The molecule has 0 fully saturated rings. The van der Waals surface area contributed by atoms with E-state index in [0.29, 0.717) is 22.4 Å². The van der Waals surface area contributed by atoms with Crippen LogP contribution in [-0.4, -0.2) is 26.8 Å². The zero-order valence-corrected chi connectivity index (χ0v) is 19.5. The number of benzene rings is 1. The molecule has 0 aliphatic rings. The number of hydrogen-bond donors (Lipinski definition) is 2. The molecule has 4 aromatic rings. The lowest BCUT2D eigenvalue weighted by atomic mass is 10.2. The molecule has 10 heteroatoms. The van der Waals surface area contributed by atoms with E-state index >= 15 is 0 Å². The van der Waals surface area contributed by atoms with Gasteiger partial charge in [0.25, 0.3) is 0 Å². The van der Waals surface area contributed by atoms with Crippen molar-refractivity contribution in [2.24, 2.45) is 0 Å². The second-order valence-electron chi connectivity index (χ2n) is 6.78. The number of carbonyl (C=O) groups is 2. The number of nitrogens with zero attached hydrogens (tertiary/aromatic N) is 3. The Bertz CT molecular complexity index is 1210. The zero-order chi connectivity index (χ0) is 22.3. The van der Waals surface area contributed by atoms with Crippen LogP contribution in [0, 0.1) is 6.92 Å². The number of rotatable bonds is 8. The molecule has 0 saturated carbocycles. The standard InChI is InChI=1S/C22H19N5O2S3/c1-14-10-17(32-21-23-7-3-8-24-21)5-6-18(14)26-19(28)11-15-13-31-22(25-15)27-20(29)12-16-4-2-9-30-16/h2-10,13H,11-12H2,1H3,(H,26,28)(H,25,27,29). The topological polar surface area (TPSA) is 96.9 Å². The summed E-state index contributed by atoms with van der Waals surface area (Å²) >= 11 is 4.31. The smallest absolute Gasteiger partial charge is 0.231 e. The minimum atomic E-state index is -0.165. The van der Waals surface area contributed by atoms with Crippen molar-refractivity contribution in [3.05, 3.63) is 75.7 Å². The Morgan fingerprint density at radius 3 is 2.56 bits per heavy atom. The van der Waals surface area contributed by atoms with Crippen molar-refractivity contribution in [1.82, 2.24) is 15.0 Å². The van der Waals surface area contributed by atoms with Gasteiger partial charge in [0.2, 0.25) is 11.8 Å². The van der Waals surface area contributed by atoms with Gasteiger partial charge in [-0.05, 0) is 60.0 Å². The molecule has 0 unspecified atom stereocenters. The van der Waals surface area contributed by atoms with Gasteiger partial charge in [-0.3, -0.25) is 9.59 Å². The number of thiophene rings is 1. The van der Waals surface area contributed by atoms with E-state index in [-0.39, 0.29) is 18.2 Å². The zero-order valence-electron chi connectivity index (χ0n) is 17.1. The molecule has 0 aliphatic heterocycles. The van der Waals surface area contributed by atoms with E-state index in [4.69, 9.17) is 0 Å². The van der Waals surface area contributed by atoms with Gasteiger partial charge in [0.1, 0.15) is 0 Å². The number of amides is 2. The number of aryl methyl sites for hydroxylation is 1. The van der Waals surface area contributed by atoms with E-state index in [1.165, 1.54) is 23.1 Å². The Hall–Kier alpha value is -3.08. The third-order valence-electron chi connectivity index (χ3n) is 4.28. The fraction of sp³-hybridized carbons (Fsp3) is 0.136. The maximum atomic E-state index is 12.5. The molecule has 2 amide bonds. The average Bonchev–Trinajstić information content (AvgIpc) is 3.43. The summed E-state index contributed by atoms with van der Waals surface area (Å²) in [4.78, 5) is 39.4. The number of carbonyl (C=O) groups excluding carboxylic acids is 2. The molecular weight excluding hydrogens is 462 g/mol. The maximum Gasteiger partial charge on any atom is 0.231 e. The second kappa shape index (κ2) is 10.5. The molecule has 4 rings (SSSR count). The minimum absolute atomic E-state index is 0.118. The molecule has 2 N–H and O–H groups in total. The highest BCUT2D eigenvalue weighted by molar-refractivity contribution is 7.99. The monoisotopic (exact) mass is 481 g/mol. The van der Waals surface area contributed by atoms with E-state index in [2.05, 4.69) is 25.6 Å². The molecule has 0 saturated heterocycles. The SMILES string of the molecule is Cc1cc(Sc2ncccn2)ccc1NC(=O)Cc1csc(NC(=O)Cc2cccs2)n1. The Morgan fingerprint density at radius 1 is 1.00 bits per heavy atom. The quantitative estimate of drug-likeness (QED) is 0.350. The van der Waals surface area contributed by atoms with Crippen LogP contribution in [0.25, 0.3) is 0 Å². The first-order valence-corrected chi connectivity index (χ1v) is 12.2. The van der Waals surface area contributed by atoms with Crippen molar-refractivity contribution in [1.29, 1.82) is 0 Å². The summed E-state index contributed by atoms with van der Waals surface area (Å²) in [6.45, 7) is 1.94. The largest absolute Gasteiger partial charge is 0.326 e. The third-order valence-corrected chi connectivity index (χ3v) is 6.84. The van der Waals surface area contributed by atoms with Crippen LogP contribution in [0.3, 0.4) is 0 Å². The lowest BCUT2D eigenvalue weighted by molar-refractivity contribution is -0.116. The predicted molar refractivity (Wildman–Crippen MR) is 128 cm³/mol. The summed E-state index contributed by atoms with van der Waals surface area (Å²) < 4.78 is 0. The minimum Gasteiger partial charge on any atom is -0.326 e. The van der Waals surface area contributed by atoms with Gasteiger partial charge >= 0.3 is 0 Å². The molecule has 1 aromatic carbocycles. The molecular formula is C22H19N5O2S3. The summed E-state index contributed by atoms with van der Waals surface area (Å²) in [5.74, 6) is -0.283. The molecule has 0 spiro atoms. The van der Waals surface area contributed by atoms with Gasteiger partial charge in [-0.2, -0.15) is 0 Å². The second-order valence-corrected chi connectivity index (χ2v) is 9.71. The molecule has 3 aromatic heterocycles. The lowest BCUT2D eigenvalue weighted by Gasteiger charge is -2.09. The number of nitrogens with one attached hydrogen (secondary N) is 2. The summed E-state index contributed by atoms with van der Waals surface area (Å²) in [7, 11) is 0. The summed E-state index contributed by atoms with van der Waals surface area (Å²) in [5.41, 5.74) is 2.30. The van der Waals surface area contributed by atoms with Gasteiger partial charge in [-0.15, -0.1) is 22.7 Å². The molecule has 0 radical (unpaired) electrons. The molecule has 0 bridgehead atoms. The first kappa shape index (κ1) is 22.1.